The Hall–Kier alpha value is -0.320. The van der Waals surface area contributed by atoms with Gasteiger partial charge in [0.2, 0.25) is 0 Å². The minimum Gasteiger partial charge on any atom is -0.380 e. The van der Waals surface area contributed by atoms with Crippen LogP contribution >= 0.6 is 11.6 Å². The van der Waals surface area contributed by atoms with Gasteiger partial charge in [-0.1, -0.05) is 0 Å². The van der Waals surface area contributed by atoms with Gasteiger partial charge in [0.05, 0.1) is 19.6 Å². The third-order valence-electron chi connectivity index (χ3n) is 0.774. The summed E-state index contributed by atoms with van der Waals surface area (Å²) in [5, 5.41) is 7.76. The van der Waals surface area contributed by atoms with Crippen molar-refractivity contribution in [3.8, 4) is 0 Å². The number of ether oxygens (including phenoxy) is 1. The molecule has 60 valence electrons. The first kappa shape index (κ1) is 9.68. The van der Waals surface area contributed by atoms with Crippen molar-refractivity contribution in [2.45, 2.75) is 6.42 Å². The normalized spacial score (nSPS) is 9.40. The Bertz CT molecular complexity index is 95.6. The van der Waals surface area contributed by atoms with Gasteiger partial charge in [-0.15, -0.1) is 11.6 Å². The predicted molar refractivity (Wildman–Crippen MR) is 34.9 cm³/mol. The molecule has 0 aromatic rings. The molecule has 0 saturated carbocycles. The quantitative estimate of drug-likeness (QED) is 0.283. The van der Waals surface area contributed by atoms with Crippen molar-refractivity contribution in [3.05, 3.63) is 0 Å². The molecule has 0 heterocycles. The van der Waals surface area contributed by atoms with E-state index in [0.29, 0.717) is 12.5 Å². The number of halogens is 1. The standard InChI is InChI=1S/C5H9ClO4/c6-2-4-9-3-1-5(7)10-8/h8H,1-4H2. The number of carbonyl (C=O) groups is 1. The molecule has 0 aromatic heterocycles. The molecule has 5 heteroatoms. The molecule has 0 aromatic carbocycles. The second-order valence-corrected chi connectivity index (χ2v) is 1.89. The van der Waals surface area contributed by atoms with Crippen LogP contribution in [0.3, 0.4) is 0 Å². The molecule has 0 bridgehead atoms. The largest absolute Gasteiger partial charge is 0.380 e. The van der Waals surface area contributed by atoms with Crippen LogP contribution in [-0.2, 0) is 14.4 Å². The van der Waals surface area contributed by atoms with E-state index < -0.39 is 5.97 Å². The fraction of sp³-hybridized carbons (Fsp3) is 0.800. The Morgan fingerprint density at radius 3 is 2.70 bits per heavy atom. The molecule has 0 aliphatic rings. The Morgan fingerprint density at radius 2 is 2.20 bits per heavy atom. The first-order valence-electron chi connectivity index (χ1n) is 2.79. The smallest absolute Gasteiger partial charge is 0.344 e. The Labute approximate surface area is 63.6 Å². The van der Waals surface area contributed by atoms with Gasteiger partial charge >= 0.3 is 5.97 Å². The zero-order chi connectivity index (χ0) is 7.82. The monoisotopic (exact) mass is 168 g/mol. The third kappa shape index (κ3) is 5.81. The summed E-state index contributed by atoms with van der Waals surface area (Å²) in [7, 11) is 0. The summed E-state index contributed by atoms with van der Waals surface area (Å²) in [6, 6.07) is 0. The van der Waals surface area contributed by atoms with E-state index in [2.05, 4.69) is 4.89 Å². The molecule has 0 spiro atoms. The molecule has 0 aliphatic heterocycles. The number of carbonyl (C=O) groups excluding carboxylic acids is 1. The zero-order valence-corrected chi connectivity index (χ0v) is 6.13. The maximum Gasteiger partial charge on any atom is 0.344 e. The molecule has 0 atom stereocenters. The summed E-state index contributed by atoms with van der Waals surface area (Å²) >= 11 is 5.26. The molecule has 10 heavy (non-hydrogen) atoms. The highest BCUT2D eigenvalue weighted by Crippen LogP contribution is 1.86. The van der Waals surface area contributed by atoms with E-state index in [1.54, 1.807) is 0 Å². The van der Waals surface area contributed by atoms with E-state index in [-0.39, 0.29) is 13.0 Å². The molecule has 0 saturated heterocycles. The van der Waals surface area contributed by atoms with E-state index in [0.717, 1.165) is 0 Å². The maximum atomic E-state index is 10.2. The van der Waals surface area contributed by atoms with Gasteiger partial charge in [0.1, 0.15) is 0 Å². The molecule has 0 rings (SSSR count). The fourth-order valence-electron chi connectivity index (χ4n) is 0.358. The van der Waals surface area contributed by atoms with Crippen LogP contribution in [0.1, 0.15) is 6.42 Å². The van der Waals surface area contributed by atoms with Crippen LogP contribution in [0.15, 0.2) is 0 Å². The molecular weight excluding hydrogens is 160 g/mol. The Balaban J connectivity index is 2.96. The SMILES string of the molecule is O=C(CCOCCCl)OO. The van der Waals surface area contributed by atoms with Gasteiger partial charge in [0.25, 0.3) is 0 Å². The van der Waals surface area contributed by atoms with Gasteiger partial charge in [-0.2, -0.15) is 5.26 Å². The van der Waals surface area contributed by atoms with Crippen LogP contribution in [0.5, 0.6) is 0 Å². The van der Waals surface area contributed by atoms with Gasteiger partial charge in [0.15, 0.2) is 0 Å². The van der Waals surface area contributed by atoms with Crippen molar-refractivity contribution in [2.75, 3.05) is 19.1 Å². The van der Waals surface area contributed by atoms with Crippen LogP contribution in [0.2, 0.25) is 0 Å². The summed E-state index contributed by atoms with van der Waals surface area (Å²) in [4.78, 5) is 13.6. The first-order chi connectivity index (χ1) is 4.81. The molecular formula is C5H9ClO4. The summed E-state index contributed by atoms with van der Waals surface area (Å²) in [6.45, 7) is 0.631. The van der Waals surface area contributed by atoms with Crippen LogP contribution < -0.4 is 0 Å². The number of rotatable bonds is 5. The van der Waals surface area contributed by atoms with Gasteiger partial charge in [0, 0.05) is 5.88 Å². The summed E-state index contributed by atoms with van der Waals surface area (Å²) in [6.07, 6.45) is 0.0490. The molecule has 0 amide bonds. The van der Waals surface area contributed by atoms with E-state index in [9.17, 15) is 4.79 Å². The summed E-state index contributed by atoms with van der Waals surface area (Å²) in [5.41, 5.74) is 0. The Morgan fingerprint density at radius 1 is 1.50 bits per heavy atom. The number of hydrogen-bond acceptors (Lipinski definition) is 4. The van der Waals surface area contributed by atoms with E-state index in [1.165, 1.54) is 0 Å². The predicted octanol–water partition coefficient (Wildman–Crippen LogP) is 0.648. The van der Waals surface area contributed by atoms with Crippen molar-refractivity contribution in [1.82, 2.24) is 0 Å². The summed E-state index contributed by atoms with van der Waals surface area (Å²) in [5.74, 6) is -0.302. The van der Waals surface area contributed by atoms with Crippen LogP contribution in [0.25, 0.3) is 0 Å². The number of hydrogen-bond donors (Lipinski definition) is 1. The maximum absolute atomic E-state index is 10.2. The minimum atomic E-state index is -0.699. The van der Waals surface area contributed by atoms with Crippen LogP contribution in [-0.4, -0.2) is 30.3 Å². The Kier molecular flexibility index (Phi) is 6.58. The average Bonchev–Trinajstić information content (AvgIpc) is 1.98. The highest BCUT2D eigenvalue weighted by atomic mass is 35.5. The van der Waals surface area contributed by atoms with Crippen molar-refractivity contribution >= 4 is 17.6 Å². The second kappa shape index (κ2) is 6.80. The molecule has 4 nitrogen and oxygen atoms in total. The van der Waals surface area contributed by atoms with Crippen molar-refractivity contribution in [3.63, 3.8) is 0 Å². The number of alkyl halides is 1. The van der Waals surface area contributed by atoms with Gasteiger partial charge in [-0.25, -0.2) is 4.79 Å². The lowest BCUT2D eigenvalue weighted by Gasteiger charge is -1.97. The molecule has 0 unspecified atom stereocenters. The lowest BCUT2D eigenvalue weighted by molar-refractivity contribution is -0.235. The summed E-state index contributed by atoms with van der Waals surface area (Å²) < 4.78 is 4.81. The zero-order valence-electron chi connectivity index (χ0n) is 5.38. The molecule has 0 aliphatic carbocycles. The minimum absolute atomic E-state index is 0.0490. The van der Waals surface area contributed by atoms with Gasteiger partial charge in [-0.3, -0.25) is 0 Å². The van der Waals surface area contributed by atoms with Crippen LogP contribution in [0, 0.1) is 0 Å². The highest BCUT2D eigenvalue weighted by Gasteiger charge is 1.99. The van der Waals surface area contributed by atoms with E-state index >= 15 is 0 Å². The fourth-order valence-corrected chi connectivity index (χ4v) is 0.467. The third-order valence-corrected chi connectivity index (χ3v) is 0.928. The van der Waals surface area contributed by atoms with Gasteiger partial charge in [-0.05, 0) is 0 Å². The van der Waals surface area contributed by atoms with Gasteiger partial charge < -0.3 is 9.62 Å². The van der Waals surface area contributed by atoms with Crippen molar-refractivity contribution in [2.24, 2.45) is 0 Å². The lowest BCUT2D eigenvalue weighted by atomic mass is 10.5. The second-order valence-electron chi connectivity index (χ2n) is 1.51. The molecule has 1 N–H and O–H groups in total. The lowest BCUT2D eigenvalue weighted by Crippen LogP contribution is -2.06. The average molecular weight is 169 g/mol. The molecule has 0 radical (unpaired) electrons. The van der Waals surface area contributed by atoms with E-state index in [1.807, 2.05) is 0 Å². The van der Waals surface area contributed by atoms with Crippen molar-refractivity contribution < 1.29 is 19.7 Å². The topological polar surface area (TPSA) is 55.8 Å². The molecule has 0 fully saturated rings. The van der Waals surface area contributed by atoms with E-state index in [4.69, 9.17) is 21.6 Å². The van der Waals surface area contributed by atoms with Crippen molar-refractivity contribution in [1.29, 1.82) is 0 Å². The van der Waals surface area contributed by atoms with Crippen LogP contribution in [0.4, 0.5) is 0 Å². The highest BCUT2D eigenvalue weighted by molar-refractivity contribution is 6.17. The first-order valence-corrected chi connectivity index (χ1v) is 3.32.